The van der Waals surface area contributed by atoms with E-state index < -0.39 is 10.8 Å². The van der Waals surface area contributed by atoms with Gasteiger partial charge in [0, 0.05) is 30.2 Å². The molecule has 1 aliphatic rings. The first-order valence-corrected chi connectivity index (χ1v) is 12.2. The number of aromatic nitrogens is 1. The number of nitro groups is 1. The molecule has 2 N–H and O–H groups in total. The summed E-state index contributed by atoms with van der Waals surface area (Å²) >= 11 is 0. The average Bonchev–Trinajstić information content (AvgIpc) is 3.23. The van der Waals surface area contributed by atoms with E-state index in [2.05, 4.69) is 20.4 Å². The number of methoxy groups -OCH3 is 1. The van der Waals surface area contributed by atoms with E-state index in [4.69, 9.17) is 9.47 Å². The van der Waals surface area contributed by atoms with Gasteiger partial charge >= 0.3 is 0 Å². The Morgan fingerprint density at radius 3 is 2.59 bits per heavy atom. The van der Waals surface area contributed by atoms with E-state index in [1.165, 1.54) is 12.1 Å². The summed E-state index contributed by atoms with van der Waals surface area (Å²) in [5.74, 6) is -0.251. The van der Waals surface area contributed by atoms with Crippen LogP contribution in [0.15, 0.2) is 77.0 Å². The van der Waals surface area contributed by atoms with Crippen molar-refractivity contribution in [2.45, 2.75) is 6.67 Å². The van der Waals surface area contributed by atoms with Crippen molar-refractivity contribution < 1.29 is 24.3 Å². The molecule has 12 heteroatoms. The summed E-state index contributed by atoms with van der Waals surface area (Å²) < 4.78 is 12.2. The predicted molar refractivity (Wildman–Crippen MR) is 144 cm³/mol. The first kappa shape index (κ1) is 25.8. The Hall–Kier alpha value is -4.81. The number of fused-ring (bicyclic) bond motifs is 1. The van der Waals surface area contributed by atoms with Gasteiger partial charge in [-0.2, -0.15) is 0 Å². The first-order chi connectivity index (χ1) is 18.9. The average molecular weight is 531 g/mol. The third-order valence-electron chi connectivity index (χ3n) is 6.41. The van der Waals surface area contributed by atoms with Gasteiger partial charge in [0.2, 0.25) is 5.88 Å². The highest BCUT2D eigenvalue weighted by atomic mass is 16.6. The van der Waals surface area contributed by atoms with Crippen LogP contribution in [0.25, 0.3) is 10.9 Å². The molecule has 0 bridgehead atoms. The highest BCUT2D eigenvalue weighted by Crippen LogP contribution is 2.39. The highest BCUT2D eigenvalue weighted by Gasteiger charge is 2.21. The molecule has 1 aliphatic heterocycles. The molecule has 4 aromatic rings. The van der Waals surface area contributed by atoms with Crippen molar-refractivity contribution in [1.82, 2.24) is 9.47 Å². The number of rotatable bonds is 8. The monoisotopic (exact) mass is 530 g/mol. The van der Waals surface area contributed by atoms with Crippen LogP contribution < -0.4 is 10.1 Å². The molecule has 0 atom stereocenters. The van der Waals surface area contributed by atoms with Gasteiger partial charge in [-0.15, -0.1) is 10.2 Å². The summed E-state index contributed by atoms with van der Waals surface area (Å²) in [7, 11) is 1.55. The maximum absolute atomic E-state index is 12.9. The predicted octanol–water partition coefficient (Wildman–Crippen LogP) is 5.22. The Bertz CT molecular complexity index is 1540. The zero-order chi connectivity index (χ0) is 27.4. The molecule has 39 heavy (non-hydrogen) atoms. The molecule has 1 saturated heterocycles. The number of nitrogens with zero attached hydrogens (tertiary/aromatic N) is 5. The fraction of sp³-hybridized carbons (Fsp3) is 0.222. The lowest BCUT2D eigenvalue weighted by Gasteiger charge is -2.27. The second kappa shape index (κ2) is 11.3. The van der Waals surface area contributed by atoms with Gasteiger partial charge in [0.15, 0.2) is 5.69 Å². The molecule has 0 unspecified atom stereocenters. The molecular formula is C27H26N6O6. The Morgan fingerprint density at radius 1 is 1.13 bits per heavy atom. The lowest BCUT2D eigenvalue weighted by atomic mass is 10.1. The van der Waals surface area contributed by atoms with Crippen LogP contribution in [0.2, 0.25) is 0 Å². The lowest BCUT2D eigenvalue weighted by molar-refractivity contribution is -0.383. The van der Waals surface area contributed by atoms with E-state index in [0.717, 1.165) is 24.7 Å². The van der Waals surface area contributed by atoms with E-state index in [0.29, 0.717) is 36.7 Å². The van der Waals surface area contributed by atoms with E-state index in [9.17, 15) is 20.0 Å². The topological polar surface area (TPSA) is 144 Å². The van der Waals surface area contributed by atoms with Gasteiger partial charge in [-0.25, -0.2) is 0 Å². The Morgan fingerprint density at radius 2 is 1.87 bits per heavy atom. The standard InChI is InChI=1S/C27H26N6O6/c1-38-20-9-7-19(8-10-20)28-22-11-6-18(16-24(22)33(36)37)26(34)30-29-25-21-4-2-3-5-23(21)32(27(25)35)17-31-12-14-39-15-13-31/h2-11,16,28,35H,12-15,17H2,1H3. The van der Waals surface area contributed by atoms with Crippen molar-refractivity contribution in [2.75, 3.05) is 38.7 Å². The molecule has 1 aromatic heterocycles. The molecule has 0 saturated carbocycles. The number of ether oxygens (including phenoxy) is 2. The number of para-hydroxylation sites is 1. The summed E-state index contributed by atoms with van der Waals surface area (Å²) in [4.78, 5) is 26.2. The first-order valence-electron chi connectivity index (χ1n) is 12.2. The maximum Gasteiger partial charge on any atom is 0.295 e. The fourth-order valence-corrected chi connectivity index (χ4v) is 4.36. The molecule has 12 nitrogen and oxygen atoms in total. The van der Waals surface area contributed by atoms with Gasteiger partial charge in [-0.05, 0) is 42.5 Å². The third-order valence-corrected chi connectivity index (χ3v) is 6.41. The quantitative estimate of drug-likeness (QED) is 0.179. The number of hydrogen-bond acceptors (Lipinski definition) is 9. The van der Waals surface area contributed by atoms with Crippen molar-refractivity contribution in [1.29, 1.82) is 0 Å². The Kier molecular flexibility index (Phi) is 7.48. The van der Waals surface area contributed by atoms with Crippen molar-refractivity contribution in [3.05, 3.63) is 82.4 Å². The number of nitro benzene ring substituents is 1. The van der Waals surface area contributed by atoms with Gasteiger partial charge in [0.1, 0.15) is 11.4 Å². The summed E-state index contributed by atoms with van der Waals surface area (Å²) in [6, 6.07) is 18.2. The van der Waals surface area contributed by atoms with Crippen LogP contribution >= 0.6 is 0 Å². The highest BCUT2D eigenvalue weighted by molar-refractivity contribution is 5.98. The van der Waals surface area contributed by atoms with Gasteiger partial charge < -0.3 is 19.9 Å². The minimum atomic E-state index is -0.779. The number of morpholine rings is 1. The molecule has 5 rings (SSSR count). The van der Waals surface area contributed by atoms with Gasteiger partial charge in [-0.3, -0.25) is 24.4 Å². The summed E-state index contributed by atoms with van der Waals surface area (Å²) in [6.45, 7) is 3.10. The molecular weight excluding hydrogens is 504 g/mol. The molecule has 1 amide bonds. The maximum atomic E-state index is 12.9. The number of nitrogens with one attached hydrogen (secondary N) is 1. The molecule has 1 fully saturated rings. The molecule has 3 aromatic carbocycles. The number of amides is 1. The SMILES string of the molecule is COc1ccc(Nc2ccc(C(=O)N=Nc3c(O)n(CN4CCOCC4)c4ccccc34)cc2[N+](=O)[O-])cc1. The van der Waals surface area contributed by atoms with E-state index in [1.807, 2.05) is 12.1 Å². The largest absolute Gasteiger partial charge is 0.497 e. The number of benzene rings is 3. The summed E-state index contributed by atoms with van der Waals surface area (Å²) in [5.41, 5.74) is 1.41. The number of aromatic hydroxyl groups is 1. The third kappa shape index (κ3) is 5.56. The number of hydrogen-bond donors (Lipinski definition) is 2. The lowest BCUT2D eigenvalue weighted by Crippen LogP contribution is -2.37. The van der Waals surface area contributed by atoms with Crippen molar-refractivity contribution in [3.8, 4) is 11.6 Å². The normalized spacial score (nSPS) is 14.1. The summed E-state index contributed by atoms with van der Waals surface area (Å²) in [6.07, 6.45) is 0. The molecule has 0 aliphatic carbocycles. The van der Waals surface area contributed by atoms with Crippen LogP contribution in [0.5, 0.6) is 11.6 Å². The zero-order valence-corrected chi connectivity index (χ0v) is 21.1. The number of anilines is 2. The van der Waals surface area contributed by atoms with Gasteiger partial charge in [0.05, 0.1) is 43.0 Å². The van der Waals surface area contributed by atoms with Crippen LogP contribution in [0.3, 0.4) is 0 Å². The Labute approximate surface area is 223 Å². The van der Waals surface area contributed by atoms with E-state index >= 15 is 0 Å². The van der Waals surface area contributed by atoms with Crippen LogP contribution in [0, 0.1) is 10.1 Å². The minimum Gasteiger partial charge on any atom is -0.497 e. The number of carbonyl (C=O) groups excluding carboxylic acids is 1. The Balaban J connectivity index is 1.40. The summed E-state index contributed by atoms with van der Waals surface area (Å²) in [5, 5.41) is 34.2. The van der Waals surface area contributed by atoms with Crippen LogP contribution in [-0.4, -0.2) is 58.8 Å². The smallest absolute Gasteiger partial charge is 0.295 e. The van der Waals surface area contributed by atoms with E-state index in [1.54, 1.807) is 48.1 Å². The van der Waals surface area contributed by atoms with Crippen molar-refractivity contribution in [3.63, 3.8) is 0 Å². The van der Waals surface area contributed by atoms with Crippen LogP contribution in [-0.2, 0) is 11.4 Å². The molecule has 0 spiro atoms. The van der Waals surface area contributed by atoms with Crippen molar-refractivity contribution in [2.24, 2.45) is 10.2 Å². The van der Waals surface area contributed by atoms with Crippen LogP contribution in [0.1, 0.15) is 10.4 Å². The fourth-order valence-electron chi connectivity index (χ4n) is 4.36. The van der Waals surface area contributed by atoms with E-state index in [-0.39, 0.29) is 28.5 Å². The number of azo groups is 1. The van der Waals surface area contributed by atoms with Crippen molar-refractivity contribution >= 4 is 39.6 Å². The molecule has 2 heterocycles. The van der Waals surface area contributed by atoms with Gasteiger partial charge in [0.25, 0.3) is 11.6 Å². The van der Waals surface area contributed by atoms with Gasteiger partial charge in [-0.1, -0.05) is 18.2 Å². The molecule has 200 valence electrons. The second-order valence-corrected chi connectivity index (χ2v) is 8.84. The van der Waals surface area contributed by atoms with Crippen LogP contribution in [0.4, 0.5) is 22.7 Å². The minimum absolute atomic E-state index is 0.0118. The number of carbonyl (C=O) groups is 1. The zero-order valence-electron chi connectivity index (χ0n) is 21.1. The molecule has 0 radical (unpaired) electrons. The second-order valence-electron chi connectivity index (χ2n) is 8.84.